The predicted molar refractivity (Wildman–Crippen MR) is 69.3 cm³/mol. The van der Waals surface area contributed by atoms with Crippen molar-refractivity contribution < 1.29 is 9.90 Å². The summed E-state index contributed by atoms with van der Waals surface area (Å²) in [5, 5.41) is 12.6. The van der Waals surface area contributed by atoms with E-state index < -0.39 is 0 Å². The fourth-order valence-electron chi connectivity index (χ4n) is 1.47. The lowest BCUT2D eigenvalue weighted by Gasteiger charge is -2.15. The van der Waals surface area contributed by atoms with Gasteiger partial charge in [0.2, 0.25) is 0 Å². The van der Waals surface area contributed by atoms with E-state index >= 15 is 0 Å². The molecule has 1 unspecified atom stereocenters. The second kappa shape index (κ2) is 7.29. The molecule has 0 aliphatic rings. The number of aliphatic hydroxyl groups excluding tert-OH is 1. The second-order valence-corrected chi connectivity index (χ2v) is 4.50. The summed E-state index contributed by atoms with van der Waals surface area (Å²) in [6, 6.07) is 3.49. The van der Waals surface area contributed by atoms with Crippen LogP contribution in [0.25, 0.3) is 0 Å². The maximum atomic E-state index is 11.9. The molecule has 1 aromatic heterocycles. The molecule has 1 amide bonds. The minimum absolute atomic E-state index is 0.0263. The van der Waals surface area contributed by atoms with Gasteiger partial charge in [-0.3, -0.25) is 4.79 Å². The zero-order valence-corrected chi connectivity index (χ0v) is 11.0. The number of thioether (sulfide) groups is 1. The summed E-state index contributed by atoms with van der Waals surface area (Å²) >= 11 is 1.50. The molecule has 4 nitrogen and oxygen atoms in total. The molecule has 0 fully saturated rings. The van der Waals surface area contributed by atoms with Crippen molar-refractivity contribution in [3.63, 3.8) is 0 Å². The van der Waals surface area contributed by atoms with E-state index in [1.54, 1.807) is 18.3 Å². The molecule has 2 N–H and O–H groups in total. The molecule has 1 rings (SSSR count). The first kappa shape index (κ1) is 14.0. The van der Waals surface area contributed by atoms with Crippen molar-refractivity contribution in [2.75, 3.05) is 12.9 Å². The van der Waals surface area contributed by atoms with E-state index in [1.807, 2.05) is 13.2 Å². The lowest BCUT2D eigenvalue weighted by atomic mass is 10.1. The summed E-state index contributed by atoms with van der Waals surface area (Å²) in [5.74, 6) is -0.108. The molecule has 1 atom stereocenters. The minimum atomic E-state index is -0.108. The van der Waals surface area contributed by atoms with Crippen LogP contribution in [-0.4, -0.2) is 34.9 Å². The van der Waals surface area contributed by atoms with Gasteiger partial charge in [0.25, 0.3) is 5.91 Å². The average Bonchev–Trinajstić information content (AvgIpc) is 2.38. The summed E-state index contributed by atoms with van der Waals surface area (Å²) in [6.45, 7) is 2.08. The summed E-state index contributed by atoms with van der Waals surface area (Å²) in [5.41, 5.74) is 0.612. The van der Waals surface area contributed by atoms with Crippen LogP contribution < -0.4 is 5.32 Å². The van der Waals surface area contributed by atoms with E-state index in [9.17, 15) is 4.79 Å². The number of aromatic nitrogens is 1. The third-order valence-corrected chi connectivity index (χ3v) is 3.15. The molecule has 0 spiro atoms. The van der Waals surface area contributed by atoms with Gasteiger partial charge in [-0.15, -0.1) is 11.8 Å². The van der Waals surface area contributed by atoms with Crippen LogP contribution >= 0.6 is 11.8 Å². The largest absolute Gasteiger partial charge is 0.396 e. The van der Waals surface area contributed by atoms with Crippen LogP contribution in [-0.2, 0) is 0 Å². The van der Waals surface area contributed by atoms with Gasteiger partial charge in [-0.25, -0.2) is 4.98 Å². The van der Waals surface area contributed by atoms with Crippen molar-refractivity contribution in [3.05, 3.63) is 23.9 Å². The maximum absolute atomic E-state index is 11.9. The van der Waals surface area contributed by atoms with Crippen LogP contribution in [0.4, 0.5) is 0 Å². The molecule has 94 valence electrons. The molecular formula is C12H18N2O2S. The smallest absolute Gasteiger partial charge is 0.251 e. The number of aliphatic hydroxyl groups is 1. The van der Waals surface area contributed by atoms with Crippen LogP contribution in [0, 0.1) is 0 Å². The number of amides is 1. The standard InChI is InChI=1S/C12H18N2O2S/c1-3-10(5-7-15)14-12(16)9-4-6-13-11(8-9)17-2/h4,6,8,10,15H,3,5,7H2,1-2H3,(H,14,16). The average molecular weight is 254 g/mol. The molecule has 0 aliphatic carbocycles. The number of nitrogens with one attached hydrogen (secondary N) is 1. The van der Waals surface area contributed by atoms with E-state index in [-0.39, 0.29) is 18.6 Å². The van der Waals surface area contributed by atoms with Crippen molar-refractivity contribution in [2.45, 2.75) is 30.8 Å². The number of hydrogen-bond acceptors (Lipinski definition) is 4. The first-order valence-corrected chi connectivity index (χ1v) is 6.85. The highest BCUT2D eigenvalue weighted by molar-refractivity contribution is 7.98. The lowest BCUT2D eigenvalue weighted by molar-refractivity contribution is 0.0928. The third-order valence-electron chi connectivity index (χ3n) is 2.51. The van der Waals surface area contributed by atoms with Gasteiger partial charge in [-0.05, 0) is 31.2 Å². The van der Waals surface area contributed by atoms with Crippen LogP contribution in [0.2, 0.25) is 0 Å². The van der Waals surface area contributed by atoms with Crippen LogP contribution in [0.5, 0.6) is 0 Å². The van der Waals surface area contributed by atoms with Crippen molar-refractivity contribution in [1.82, 2.24) is 10.3 Å². The quantitative estimate of drug-likeness (QED) is 0.758. The van der Waals surface area contributed by atoms with Crippen molar-refractivity contribution >= 4 is 17.7 Å². The fraction of sp³-hybridized carbons (Fsp3) is 0.500. The molecular weight excluding hydrogens is 236 g/mol. The third kappa shape index (κ3) is 4.36. The number of rotatable bonds is 6. The number of carbonyl (C=O) groups is 1. The first-order chi connectivity index (χ1) is 8.21. The Kier molecular flexibility index (Phi) is 6.00. The molecule has 0 bridgehead atoms. The molecule has 1 heterocycles. The SMILES string of the molecule is CCC(CCO)NC(=O)c1ccnc(SC)c1. The Hall–Kier alpha value is -1.07. The summed E-state index contributed by atoms with van der Waals surface area (Å²) in [6.07, 6.45) is 4.95. The Bertz CT molecular complexity index is 371. The lowest BCUT2D eigenvalue weighted by Crippen LogP contribution is -2.35. The molecule has 0 saturated carbocycles. The summed E-state index contributed by atoms with van der Waals surface area (Å²) < 4.78 is 0. The van der Waals surface area contributed by atoms with Crippen LogP contribution in [0.3, 0.4) is 0 Å². The monoisotopic (exact) mass is 254 g/mol. The minimum Gasteiger partial charge on any atom is -0.396 e. The van der Waals surface area contributed by atoms with E-state index in [1.165, 1.54) is 11.8 Å². The summed E-state index contributed by atoms with van der Waals surface area (Å²) in [4.78, 5) is 16.0. The Balaban J connectivity index is 2.68. The number of nitrogens with zero attached hydrogens (tertiary/aromatic N) is 1. The van der Waals surface area contributed by atoms with Gasteiger partial charge in [0.05, 0.1) is 5.03 Å². The van der Waals surface area contributed by atoms with Crippen molar-refractivity contribution in [2.24, 2.45) is 0 Å². The highest BCUT2D eigenvalue weighted by Gasteiger charge is 2.12. The molecule has 0 aliphatic heterocycles. The number of pyridine rings is 1. The van der Waals surface area contributed by atoms with Crippen molar-refractivity contribution in [1.29, 1.82) is 0 Å². The van der Waals surface area contributed by atoms with E-state index in [4.69, 9.17) is 5.11 Å². The van der Waals surface area contributed by atoms with Gasteiger partial charge in [0.1, 0.15) is 0 Å². The second-order valence-electron chi connectivity index (χ2n) is 3.68. The van der Waals surface area contributed by atoms with Gasteiger partial charge in [0.15, 0.2) is 0 Å². The van der Waals surface area contributed by atoms with Gasteiger partial charge in [0, 0.05) is 24.4 Å². The number of carbonyl (C=O) groups excluding carboxylic acids is 1. The Labute approximate surface area is 106 Å². The highest BCUT2D eigenvalue weighted by Crippen LogP contribution is 2.12. The summed E-state index contributed by atoms with van der Waals surface area (Å²) in [7, 11) is 0. The fourth-order valence-corrected chi connectivity index (χ4v) is 1.88. The molecule has 0 saturated heterocycles. The van der Waals surface area contributed by atoms with E-state index in [0.717, 1.165) is 11.4 Å². The number of hydrogen-bond donors (Lipinski definition) is 2. The van der Waals surface area contributed by atoms with Gasteiger partial charge in [-0.1, -0.05) is 6.92 Å². The van der Waals surface area contributed by atoms with Crippen LogP contribution in [0.15, 0.2) is 23.4 Å². The zero-order valence-electron chi connectivity index (χ0n) is 10.1. The molecule has 0 aromatic carbocycles. The van der Waals surface area contributed by atoms with E-state index in [0.29, 0.717) is 12.0 Å². The Morgan fingerprint density at radius 2 is 2.41 bits per heavy atom. The van der Waals surface area contributed by atoms with Gasteiger partial charge < -0.3 is 10.4 Å². The highest BCUT2D eigenvalue weighted by atomic mass is 32.2. The Morgan fingerprint density at radius 1 is 1.65 bits per heavy atom. The molecule has 1 aromatic rings. The van der Waals surface area contributed by atoms with Gasteiger partial charge in [-0.2, -0.15) is 0 Å². The zero-order chi connectivity index (χ0) is 12.7. The molecule has 17 heavy (non-hydrogen) atoms. The Morgan fingerprint density at radius 3 is 3.00 bits per heavy atom. The van der Waals surface area contributed by atoms with Gasteiger partial charge >= 0.3 is 0 Å². The van der Waals surface area contributed by atoms with E-state index in [2.05, 4.69) is 10.3 Å². The topological polar surface area (TPSA) is 62.2 Å². The molecule has 5 heteroatoms. The van der Waals surface area contributed by atoms with Crippen molar-refractivity contribution in [3.8, 4) is 0 Å². The molecule has 0 radical (unpaired) electrons. The first-order valence-electron chi connectivity index (χ1n) is 5.63. The maximum Gasteiger partial charge on any atom is 0.251 e. The normalized spacial score (nSPS) is 12.2. The van der Waals surface area contributed by atoms with Crippen LogP contribution in [0.1, 0.15) is 30.1 Å². The predicted octanol–water partition coefficient (Wildman–Crippen LogP) is 1.69.